The van der Waals surface area contributed by atoms with Crippen LogP contribution in [-0.2, 0) is 17.9 Å². The molecule has 13 heteroatoms. The fraction of sp³-hybridized carbons (Fsp3) is 0.182. The second-order valence-electron chi connectivity index (χ2n) is 7.15. The molecular weight excluding hydrogens is 585 g/mol. The summed E-state index contributed by atoms with van der Waals surface area (Å²) in [5.41, 5.74) is 3.23. The summed E-state index contributed by atoms with van der Waals surface area (Å²) < 4.78 is 3.01. The zero-order chi connectivity index (χ0) is 25.4. The van der Waals surface area contributed by atoms with Crippen molar-refractivity contribution in [2.75, 3.05) is 5.32 Å². The molecule has 3 aromatic rings. The maximum Gasteiger partial charge on any atom is 0.270 e. The van der Waals surface area contributed by atoms with Crippen molar-refractivity contribution in [1.29, 1.82) is 0 Å². The number of nitrogens with zero attached hydrogens (tertiary/aromatic N) is 5. The molecular formula is C22H22IN7O4S. The van der Waals surface area contributed by atoms with Crippen LogP contribution in [0, 0.1) is 13.7 Å². The molecule has 0 aliphatic carbocycles. The number of anilines is 1. The summed E-state index contributed by atoms with van der Waals surface area (Å²) in [5.74, 6) is 0.0838. The number of carbonyl (C=O) groups excluding carboxylic acids is 1. The normalized spacial score (nSPS) is 11.8. The van der Waals surface area contributed by atoms with Gasteiger partial charge >= 0.3 is 0 Å². The third-order valence-corrected chi connectivity index (χ3v) is 6.45. The molecule has 2 aromatic carbocycles. The predicted molar refractivity (Wildman–Crippen MR) is 143 cm³/mol. The zero-order valence-corrected chi connectivity index (χ0v) is 21.6. The third-order valence-electron chi connectivity index (χ3n) is 4.65. The number of allylic oxidation sites excluding steroid dienone is 1. The lowest BCUT2D eigenvalue weighted by Gasteiger charge is -2.12. The van der Waals surface area contributed by atoms with E-state index in [9.17, 15) is 20.0 Å². The van der Waals surface area contributed by atoms with Crippen LogP contribution in [0.25, 0.3) is 0 Å². The fourth-order valence-electron chi connectivity index (χ4n) is 2.83. The molecule has 0 saturated heterocycles. The van der Waals surface area contributed by atoms with Crippen molar-refractivity contribution < 1.29 is 14.8 Å². The smallest absolute Gasteiger partial charge is 0.270 e. The summed E-state index contributed by atoms with van der Waals surface area (Å²) in [6.07, 6.45) is 2.87. The first kappa shape index (κ1) is 26.2. The minimum atomic E-state index is -0.586. The number of aromatic hydroxyl groups is 1. The van der Waals surface area contributed by atoms with Gasteiger partial charge in [0.2, 0.25) is 0 Å². The first-order chi connectivity index (χ1) is 16.8. The molecule has 1 amide bonds. The lowest BCUT2D eigenvalue weighted by atomic mass is 10.2. The first-order valence-electron chi connectivity index (χ1n) is 10.3. The van der Waals surface area contributed by atoms with Crippen molar-refractivity contribution in [3.63, 3.8) is 0 Å². The van der Waals surface area contributed by atoms with Crippen molar-refractivity contribution in [2.24, 2.45) is 5.10 Å². The molecule has 1 heterocycles. The number of halogens is 1. The highest BCUT2D eigenvalue weighted by molar-refractivity contribution is 14.1. The molecule has 0 radical (unpaired) electrons. The number of aromatic nitrogens is 3. The number of nitro benzene ring substituents is 1. The van der Waals surface area contributed by atoms with E-state index in [-0.39, 0.29) is 17.0 Å². The average molecular weight is 607 g/mol. The molecule has 3 rings (SSSR count). The second-order valence-corrected chi connectivity index (χ2v) is 9.71. The molecule has 0 unspecified atom stereocenters. The summed E-state index contributed by atoms with van der Waals surface area (Å²) in [5, 5.41) is 36.3. The number of nitro groups is 1. The largest absolute Gasteiger partial charge is 0.507 e. The molecule has 0 spiro atoms. The van der Waals surface area contributed by atoms with E-state index in [1.165, 1.54) is 23.9 Å². The van der Waals surface area contributed by atoms with Gasteiger partial charge in [0.25, 0.3) is 11.6 Å². The van der Waals surface area contributed by atoms with E-state index < -0.39 is 16.1 Å². The Hall–Kier alpha value is -3.46. The number of non-ortho nitro benzene ring substituents is 1. The van der Waals surface area contributed by atoms with Crippen molar-refractivity contribution in [2.45, 2.75) is 30.4 Å². The molecule has 1 atom stereocenters. The molecule has 0 bridgehead atoms. The van der Waals surface area contributed by atoms with Gasteiger partial charge in [0.05, 0.1) is 22.9 Å². The quantitative estimate of drug-likeness (QED) is 0.0742. The highest BCUT2D eigenvalue weighted by Gasteiger charge is 2.20. The van der Waals surface area contributed by atoms with E-state index in [1.807, 2.05) is 28.8 Å². The van der Waals surface area contributed by atoms with E-state index in [0.717, 1.165) is 21.5 Å². The highest BCUT2D eigenvalue weighted by Crippen LogP contribution is 2.24. The van der Waals surface area contributed by atoms with Gasteiger partial charge in [-0.05, 0) is 59.8 Å². The van der Waals surface area contributed by atoms with E-state index >= 15 is 0 Å². The fourth-order valence-corrected chi connectivity index (χ4v) is 4.06. The summed E-state index contributed by atoms with van der Waals surface area (Å²) >= 11 is 3.45. The number of phenolic OH excluding ortho intramolecular Hbond substituents is 1. The maximum absolute atomic E-state index is 12.5. The summed E-state index contributed by atoms with van der Waals surface area (Å²) in [4.78, 5) is 22.8. The van der Waals surface area contributed by atoms with Crippen molar-refractivity contribution >= 4 is 57.8 Å². The third kappa shape index (κ3) is 7.26. The molecule has 0 fully saturated rings. The van der Waals surface area contributed by atoms with E-state index in [0.29, 0.717) is 24.1 Å². The minimum absolute atomic E-state index is 0.107. The molecule has 0 aliphatic rings. The average Bonchev–Trinajstić information content (AvgIpc) is 3.20. The van der Waals surface area contributed by atoms with Gasteiger partial charge in [-0.3, -0.25) is 14.9 Å². The topological polar surface area (TPSA) is 148 Å². The van der Waals surface area contributed by atoms with E-state index in [2.05, 4.69) is 55.2 Å². The van der Waals surface area contributed by atoms with E-state index in [1.54, 1.807) is 13.0 Å². The Balaban J connectivity index is 1.62. The first-order valence-corrected chi connectivity index (χ1v) is 12.2. The molecule has 11 nitrogen and oxygen atoms in total. The number of hydrogen-bond donors (Lipinski definition) is 3. The van der Waals surface area contributed by atoms with Crippen LogP contribution in [0.4, 0.5) is 11.4 Å². The number of thioether (sulfide) groups is 1. The number of hydrogen-bond acceptors (Lipinski definition) is 9. The minimum Gasteiger partial charge on any atom is -0.507 e. The lowest BCUT2D eigenvalue weighted by Crippen LogP contribution is -2.27. The van der Waals surface area contributed by atoms with Crippen LogP contribution in [0.5, 0.6) is 5.75 Å². The molecule has 0 saturated carbocycles. The van der Waals surface area contributed by atoms with Gasteiger partial charge in [0.1, 0.15) is 5.75 Å². The van der Waals surface area contributed by atoms with E-state index in [4.69, 9.17) is 0 Å². The molecule has 0 aliphatic heterocycles. The zero-order valence-electron chi connectivity index (χ0n) is 18.6. The van der Waals surface area contributed by atoms with Crippen LogP contribution in [0.15, 0.2) is 65.4 Å². The van der Waals surface area contributed by atoms with Crippen molar-refractivity contribution in [3.05, 3.63) is 80.2 Å². The van der Waals surface area contributed by atoms with Crippen LogP contribution < -0.4 is 10.7 Å². The number of rotatable bonds is 11. The SMILES string of the molecule is C=CCn1c(CNc2ccc(I)cc2)nnc1S[C@@H](C)C(=O)N/N=C\c1cc([N+](=O)[O-])ccc1O. The number of benzene rings is 2. The predicted octanol–water partition coefficient (Wildman–Crippen LogP) is 3.93. The Morgan fingerprint density at radius 1 is 1.34 bits per heavy atom. The Morgan fingerprint density at radius 2 is 2.09 bits per heavy atom. The monoisotopic (exact) mass is 607 g/mol. The van der Waals surface area contributed by atoms with Gasteiger partial charge in [-0.15, -0.1) is 16.8 Å². The van der Waals surface area contributed by atoms with Crippen molar-refractivity contribution in [3.8, 4) is 5.75 Å². The number of carbonyl (C=O) groups is 1. The standard InChI is InChI=1S/C22H22IN7O4S/c1-3-10-29-20(13-24-17-6-4-16(23)5-7-17)26-28-22(29)35-14(2)21(32)27-25-12-15-11-18(30(33)34)8-9-19(15)31/h3-9,11-12,14,24,31H,1,10,13H2,2H3,(H,27,32)/b25-12-/t14-/m0/s1. The number of nitrogens with one attached hydrogen (secondary N) is 2. The van der Waals surface area contributed by atoms with Gasteiger partial charge < -0.3 is 15.0 Å². The molecule has 1 aromatic heterocycles. The Kier molecular flexibility index (Phi) is 9.19. The number of phenols is 1. The van der Waals surface area contributed by atoms with Crippen molar-refractivity contribution in [1.82, 2.24) is 20.2 Å². The van der Waals surface area contributed by atoms with Crippen LogP contribution >= 0.6 is 34.4 Å². The molecule has 35 heavy (non-hydrogen) atoms. The van der Waals surface area contributed by atoms with Gasteiger partial charge in [-0.25, -0.2) is 5.43 Å². The van der Waals surface area contributed by atoms with Crippen LogP contribution in [0.2, 0.25) is 0 Å². The lowest BCUT2D eigenvalue weighted by molar-refractivity contribution is -0.384. The van der Waals surface area contributed by atoms with Crippen LogP contribution in [0.1, 0.15) is 18.3 Å². The van der Waals surface area contributed by atoms with Gasteiger partial charge in [-0.2, -0.15) is 5.10 Å². The summed E-state index contributed by atoms with van der Waals surface area (Å²) in [7, 11) is 0. The highest BCUT2D eigenvalue weighted by atomic mass is 127. The van der Waals surface area contributed by atoms with Crippen LogP contribution in [0.3, 0.4) is 0 Å². The van der Waals surface area contributed by atoms with Gasteiger partial charge in [-0.1, -0.05) is 17.8 Å². The Morgan fingerprint density at radius 3 is 2.77 bits per heavy atom. The summed E-state index contributed by atoms with van der Waals surface area (Å²) in [6, 6.07) is 11.5. The Bertz CT molecular complexity index is 1250. The number of amides is 1. The second kappa shape index (κ2) is 12.3. The van der Waals surface area contributed by atoms with Gasteiger partial charge in [0.15, 0.2) is 11.0 Å². The molecule has 182 valence electrons. The Labute approximate surface area is 219 Å². The van der Waals surface area contributed by atoms with Crippen LogP contribution in [-0.4, -0.2) is 42.2 Å². The summed E-state index contributed by atoms with van der Waals surface area (Å²) in [6.45, 7) is 6.39. The number of hydrazone groups is 1. The maximum atomic E-state index is 12.5. The van der Waals surface area contributed by atoms with Gasteiger partial charge in [0, 0.05) is 33.5 Å². The molecule has 3 N–H and O–H groups in total.